The highest BCUT2D eigenvalue weighted by Crippen LogP contribution is 2.29. The number of hydrogen-bond acceptors (Lipinski definition) is 6. The summed E-state index contributed by atoms with van der Waals surface area (Å²) in [5.41, 5.74) is 1.04. The monoisotopic (exact) mass is 349 g/mol. The van der Waals surface area contributed by atoms with E-state index < -0.39 is 0 Å². The lowest BCUT2D eigenvalue weighted by Crippen LogP contribution is -2.56. The summed E-state index contributed by atoms with van der Waals surface area (Å²) in [5.74, 6) is 1.13. The Morgan fingerprint density at radius 3 is 2.88 bits per heavy atom. The van der Waals surface area contributed by atoms with Gasteiger partial charge in [-0.05, 0) is 18.2 Å². The highest BCUT2D eigenvalue weighted by molar-refractivity contribution is 5.97. The summed E-state index contributed by atoms with van der Waals surface area (Å²) in [5, 5.41) is 9.59. The van der Waals surface area contributed by atoms with E-state index in [2.05, 4.69) is 4.98 Å². The molecular formula is C19H15N3O4. The molecule has 7 heteroatoms. The van der Waals surface area contributed by atoms with Crippen molar-refractivity contribution in [2.24, 2.45) is 0 Å². The van der Waals surface area contributed by atoms with E-state index in [0.29, 0.717) is 35.9 Å². The molecule has 0 N–H and O–H groups in total. The van der Waals surface area contributed by atoms with Gasteiger partial charge in [0.1, 0.15) is 12.2 Å². The second kappa shape index (κ2) is 6.41. The third kappa shape index (κ3) is 2.82. The SMILES string of the molecule is COc1cccc2cc(C(=O)N3CC(Oc4ccc(C#N)cn4)C3)oc12. The van der Waals surface area contributed by atoms with E-state index in [4.69, 9.17) is 19.2 Å². The zero-order valence-corrected chi connectivity index (χ0v) is 14.0. The molecule has 2 aromatic heterocycles. The number of para-hydroxylation sites is 1. The molecule has 1 aromatic carbocycles. The van der Waals surface area contributed by atoms with Crippen LogP contribution in [0.15, 0.2) is 47.0 Å². The highest BCUT2D eigenvalue weighted by atomic mass is 16.5. The number of carbonyl (C=O) groups excluding carboxylic acids is 1. The lowest BCUT2D eigenvalue weighted by atomic mass is 10.1. The van der Waals surface area contributed by atoms with Crippen LogP contribution in [0.4, 0.5) is 0 Å². The third-order valence-corrected chi connectivity index (χ3v) is 4.23. The molecule has 0 atom stereocenters. The van der Waals surface area contributed by atoms with Crippen LogP contribution < -0.4 is 9.47 Å². The van der Waals surface area contributed by atoms with Crippen molar-refractivity contribution in [2.75, 3.05) is 20.2 Å². The lowest BCUT2D eigenvalue weighted by molar-refractivity contribution is 0.0139. The Morgan fingerprint density at radius 1 is 1.35 bits per heavy atom. The van der Waals surface area contributed by atoms with E-state index in [1.54, 1.807) is 36.3 Å². The number of likely N-dealkylation sites (tertiary alicyclic amines) is 1. The molecule has 0 bridgehead atoms. The van der Waals surface area contributed by atoms with E-state index in [0.717, 1.165) is 5.39 Å². The molecule has 4 rings (SSSR count). The number of amides is 1. The minimum atomic E-state index is -0.184. The molecule has 26 heavy (non-hydrogen) atoms. The number of furan rings is 1. The molecule has 1 aliphatic heterocycles. The van der Waals surface area contributed by atoms with Gasteiger partial charge in [-0.15, -0.1) is 0 Å². The fraction of sp³-hybridized carbons (Fsp3) is 0.211. The van der Waals surface area contributed by atoms with E-state index in [1.165, 1.54) is 6.20 Å². The summed E-state index contributed by atoms with van der Waals surface area (Å²) in [4.78, 5) is 18.3. The van der Waals surface area contributed by atoms with Gasteiger partial charge in [0, 0.05) is 17.6 Å². The van der Waals surface area contributed by atoms with Crippen LogP contribution >= 0.6 is 0 Å². The summed E-state index contributed by atoms with van der Waals surface area (Å²) < 4.78 is 16.6. The zero-order chi connectivity index (χ0) is 18.1. The normalized spacial score (nSPS) is 13.9. The van der Waals surface area contributed by atoms with Gasteiger partial charge in [-0.1, -0.05) is 12.1 Å². The number of methoxy groups -OCH3 is 1. The van der Waals surface area contributed by atoms with Gasteiger partial charge in [0.15, 0.2) is 17.1 Å². The maximum Gasteiger partial charge on any atom is 0.289 e. The molecule has 1 aliphatic rings. The molecule has 0 radical (unpaired) electrons. The molecule has 7 nitrogen and oxygen atoms in total. The number of rotatable bonds is 4. The van der Waals surface area contributed by atoms with Crippen LogP contribution in [0, 0.1) is 11.3 Å². The summed E-state index contributed by atoms with van der Waals surface area (Å²) in [7, 11) is 1.56. The highest BCUT2D eigenvalue weighted by Gasteiger charge is 2.34. The van der Waals surface area contributed by atoms with Gasteiger partial charge >= 0.3 is 0 Å². The lowest BCUT2D eigenvalue weighted by Gasteiger charge is -2.38. The number of nitrogens with zero attached hydrogens (tertiary/aromatic N) is 3. The van der Waals surface area contributed by atoms with Crippen LogP contribution in [0.25, 0.3) is 11.0 Å². The Labute approximate surface area is 149 Å². The molecule has 130 valence electrons. The predicted octanol–water partition coefficient (Wildman–Crippen LogP) is 2.61. The van der Waals surface area contributed by atoms with E-state index in [9.17, 15) is 4.79 Å². The van der Waals surface area contributed by atoms with Crippen LogP contribution in [0.1, 0.15) is 16.1 Å². The van der Waals surface area contributed by atoms with Crippen molar-refractivity contribution in [3.63, 3.8) is 0 Å². The molecule has 0 saturated carbocycles. The molecule has 0 spiro atoms. The van der Waals surface area contributed by atoms with Crippen molar-refractivity contribution >= 4 is 16.9 Å². The second-order valence-electron chi connectivity index (χ2n) is 5.94. The maximum absolute atomic E-state index is 12.6. The molecular weight excluding hydrogens is 334 g/mol. The van der Waals surface area contributed by atoms with Gasteiger partial charge in [-0.2, -0.15) is 5.26 Å². The first-order chi connectivity index (χ1) is 12.7. The fourth-order valence-electron chi connectivity index (χ4n) is 2.82. The average molecular weight is 349 g/mol. The molecule has 1 amide bonds. The van der Waals surface area contributed by atoms with Crippen molar-refractivity contribution in [1.29, 1.82) is 5.26 Å². The molecule has 1 saturated heterocycles. The van der Waals surface area contributed by atoms with Gasteiger partial charge < -0.3 is 18.8 Å². The molecule has 0 unspecified atom stereocenters. The molecule has 3 heterocycles. The number of aromatic nitrogens is 1. The Kier molecular flexibility index (Phi) is 3.93. The minimum absolute atomic E-state index is 0.127. The van der Waals surface area contributed by atoms with E-state index >= 15 is 0 Å². The number of fused-ring (bicyclic) bond motifs is 1. The van der Waals surface area contributed by atoms with Gasteiger partial charge in [-0.25, -0.2) is 4.98 Å². The van der Waals surface area contributed by atoms with Gasteiger partial charge in [-0.3, -0.25) is 4.79 Å². The average Bonchev–Trinajstić information content (AvgIpc) is 3.08. The number of carbonyl (C=O) groups is 1. The smallest absolute Gasteiger partial charge is 0.289 e. The van der Waals surface area contributed by atoms with Crippen LogP contribution in [0.3, 0.4) is 0 Å². The Balaban J connectivity index is 1.40. The Morgan fingerprint density at radius 2 is 2.19 bits per heavy atom. The van der Waals surface area contributed by atoms with Crippen molar-refractivity contribution < 1.29 is 18.7 Å². The van der Waals surface area contributed by atoms with E-state index in [-0.39, 0.29) is 17.8 Å². The zero-order valence-electron chi connectivity index (χ0n) is 14.0. The maximum atomic E-state index is 12.6. The van der Waals surface area contributed by atoms with Crippen molar-refractivity contribution in [3.05, 3.63) is 53.9 Å². The van der Waals surface area contributed by atoms with Gasteiger partial charge in [0.25, 0.3) is 5.91 Å². The summed E-state index contributed by atoms with van der Waals surface area (Å²) in [6, 6.07) is 12.5. The van der Waals surface area contributed by atoms with Crippen LogP contribution in [-0.2, 0) is 0 Å². The third-order valence-electron chi connectivity index (χ3n) is 4.23. The topological polar surface area (TPSA) is 88.6 Å². The van der Waals surface area contributed by atoms with Crippen LogP contribution in [0.2, 0.25) is 0 Å². The van der Waals surface area contributed by atoms with Crippen LogP contribution in [-0.4, -0.2) is 42.1 Å². The van der Waals surface area contributed by atoms with E-state index in [1.807, 2.05) is 18.2 Å². The number of benzene rings is 1. The first-order valence-electron chi connectivity index (χ1n) is 8.06. The van der Waals surface area contributed by atoms with Crippen molar-refractivity contribution in [3.8, 4) is 17.7 Å². The standard InChI is InChI=1S/C19H15N3O4/c1-24-15-4-2-3-13-7-16(26-18(13)15)19(23)22-10-14(11-22)25-17-6-5-12(8-20)9-21-17/h2-7,9,14H,10-11H2,1H3. The summed E-state index contributed by atoms with van der Waals surface area (Å²) in [6.45, 7) is 0.906. The van der Waals surface area contributed by atoms with Crippen LogP contribution in [0.5, 0.6) is 11.6 Å². The Bertz CT molecular complexity index is 998. The van der Waals surface area contributed by atoms with Crippen molar-refractivity contribution in [1.82, 2.24) is 9.88 Å². The summed E-state index contributed by atoms with van der Waals surface area (Å²) in [6.07, 6.45) is 1.33. The van der Waals surface area contributed by atoms with Gasteiger partial charge in [0.05, 0.1) is 25.8 Å². The Hall–Kier alpha value is -3.53. The number of pyridine rings is 1. The number of ether oxygens (including phenoxy) is 2. The fourth-order valence-corrected chi connectivity index (χ4v) is 2.82. The predicted molar refractivity (Wildman–Crippen MR) is 92.0 cm³/mol. The first-order valence-corrected chi connectivity index (χ1v) is 8.06. The van der Waals surface area contributed by atoms with Crippen molar-refractivity contribution in [2.45, 2.75) is 6.10 Å². The molecule has 1 fully saturated rings. The first kappa shape index (κ1) is 16.0. The number of hydrogen-bond donors (Lipinski definition) is 0. The quantitative estimate of drug-likeness (QED) is 0.719. The minimum Gasteiger partial charge on any atom is -0.493 e. The second-order valence-corrected chi connectivity index (χ2v) is 5.94. The van der Waals surface area contributed by atoms with Gasteiger partial charge in [0.2, 0.25) is 5.88 Å². The number of nitriles is 1. The molecule has 3 aromatic rings. The largest absolute Gasteiger partial charge is 0.493 e. The summed E-state index contributed by atoms with van der Waals surface area (Å²) >= 11 is 0. The molecule has 0 aliphatic carbocycles.